The fraction of sp³-hybridized carbons (Fsp3) is 0.463. The number of methoxy groups -OCH3 is 1. The van der Waals surface area contributed by atoms with E-state index in [4.69, 9.17) is 9.72 Å². The summed E-state index contributed by atoms with van der Waals surface area (Å²) in [5.74, 6) is 0.613. The van der Waals surface area contributed by atoms with Crippen molar-refractivity contribution in [3.63, 3.8) is 0 Å². The average Bonchev–Trinajstić information content (AvgIpc) is 4.01. The highest BCUT2D eigenvalue weighted by atomic mass is 16.5. The molecule has 0 radical (unpaired) electrons. The molecule has 4 N–H and O–H groups in total. The van der Waals surface area contributed by atoms with Crippen LogP contribution in [0.2, 0.25) is 0 Å². The Morgan fingerprint density at radius 2 is 1.24 bits per heavy atom. The van der Waals surface area contributed by atoms with Crippen LogP contribution in [-0.2, 0) is 19.1 Å². The number of H-pyrrole nitrogens is 2. The summed E-state index contributed by atoms with van der Waals surface area (Å²) in [7, 11) is 2.78. The molecule has 2 aromatic heterocycles. The molecule has 3 amide bonds. The van der Waals surface area contributed by atoms with Crippen LogP contribution in [0.3, 0.4) is 0 Å². The van der Waals surface area contributed by atoms with Gasteiger partial charge in [0.25, 0.3) is 0 Å². The first-order chi connectivity index (χ1) is 26.4. The fourth-order valence-electron chi connectivity index (χ4n) is 7.86. The van der Waals surface area contributed by atoms with E-state index < -0.39 is 24.1 Å². The van der Waals surface area contributed by atoms with Gasteiger partial charge >= 0.3 is 12.1 Å². The predicted octanol–water partition coefficient (Wildman–Crippen LogP) is 5.88. The number of aromatic amines is 2. The molecule has 14 nitrogen and oxygen atoms in total. The van der Waals surface area contributed by atoms with Gasteiger partial charge in [-0.25, -0.2) is 14.8 Å². The Balaban J connectivity index is 1.10. The van der Waals surface area contributed by atoms with Gasteiger partial charge in [-0.3, -0.25) is 24.6 Å². The van der Waals surface area contributed by atoms with E-state index in [1.54, 1.807) is 11.1 Å². The van der Waals surface area contributed by atoms with Gasteiger partial charge in [0.2, 0.25) is 11.8 Å². The first-order valence-electron chi connectivity index (χ1n) is 19.1. The van der Waals surface area contributed by atoms with Crippen molar-refractivity contribution in [2.45, 2.75) is 77.5 Å². The third-order valence-electron chi connectivity index (χ3n) is 10.8. The normalized spacial score (nSPS) is 18.2. The highest BCUT2D eigenvalue weighted by molar-refractivity contribution is 5.86. The molecule has 55 heavy (non-hydrogen) atoms. The minimum Gasteiger partial charge on any atom is -0.468 e. The Hall–Kier alpha value is -5.50. The minimum absolute atomic E-state index is 0.00937. The number of carboxylic acid groups (broad SMARTS) is 1. The molecule has 2 fully saturated rings. The van der Waals surface area contributed by atoms with Crippen LogP contribution in [0.5, 0.6) is 0 Å². The molecule has 4 atom stereocenters. The molecule has 2 saturated heterocycles. The molecule has 0 spiro atoms. The summed E-state index contributed by atoms with van der Waals surface area (Å²) in [5.41, 5.74) is 5.76. The number of benzene rings is 2. The van der Waals surface area contributed by atoms with Crippen LogP contribution in [0.15, 0.2) is 60.9 Å². The zero-order valence-corrected chi connectivity index (χ0v) is 32.4. The average molecular weight is 753 g/mol. The predicted molar refractivity (Wildman–Crippen MR) is 207 cm³/mol. The number of esters is 1. The van der Waals surface area contributed by atoms with Crippen LogP contribution < -0.4 is 5.32 Å². The number of amides is 3. The number of nitrogens with zero attached hydrogens (tertiary/aromatic N) is 5. The second-order valence-electron chi connectivity index (χ2n) is 15.2. The van der Waals surface area contributed by atoms with Crippen LogP contribution in [0.4, 0.5) is 4.79 Å². The van der Waals surface area contributed by atoms with Crippen molar-refractivity contribution in [2.24, 2.45) is 11.8 Å². The van der Waals surface area contributed by atoms with Gasteiger partial charge in [-0.1, -0.05) is 76.2 Å². The van der Waals surface area contributed by atoms with Crippen LogP contribution in [0.1, 0.15) is 77.1 Å². The van der Waals surface area contributed by atoms with Crippen molar-refractivity contribution in [3.8, 4) is 33.6 Å². The molecule has 2 aromatic carbocycles. The number of aromatic nitrogens is 4. The van der Waals surface area contributed by atoms with Crippen molar-refractivity contribution in [1.29, 1.82) is 0 Å². The summed E-state index contributed by atoms with van der Waals surface area (Å²) < 4.78 is 4.75. The number of likely N-dealkylation sites (N-methyl/N-ethyl adjacent to an activating group) is 1. The fourth-order valence-corrected chi connectivity index (χ4v) is 7.86. The van der Waals surface area contributed by atoms with Crippen molar-refractivity contribution in [1.82, 2.24) is 40.0 Å². The summed E-state index contributed by atoms with van der Waals surface area (Å²) in [5, 5.41) is 12.7. The van der Waals surface area contributed by atoms with E-state index in [0.717, 1.165) is 70.0 Å². The van der Waals surface area contributed by atoms with Crippen molar-refractivity contribution < 1.29 is 29.0 Å². The molecule has 0 unspecified atom stereocenters. The number of rotatable bonds is 13. The lowest BCUT2D eigenvalue weighted by molar-refractivity contribution is -0.141. The second-order valence-corrected chi connectivity index (χ2v) is 15.2. The smallest absolute Gasteiger partial charge is 0.407 e. The topological polar surface area (TPSA) is 177 Å². The molecule has 14 heteroatoms. The Kier molecular flexibility index (Phi) is 12.0. The number of likely N-dealkylation sites (tertiary alicyclic amines) is 2. The quantitative estimate of drug-likeness (QED) is 0.122. The minimum atomic E-state index is -1.12. The third-order valence-corrected chi connectivity index (χ3v) is 10.8. The van der Waals surface area contributed by atoms with Crippen molar-refractivity contribution in [2.75, 3.05) is 33.8 Å². The molecule has 0 saturated carbocycles. The Bertz CT molecular complexity index is 1970. The molecule has 6 rings (SSSR count). The molecule has 2 aliphatic rings. The number of hydrogen-bond donors (Lipinski definition) is 4. The number of carbonyl (C=O) groups excluding carboxylic acids is 3. The zero-order valence-electron chi connectivity index (χ0n) is 32.4. The molecular weight excluding hydrogens is 701 g/mol. The van der Waals surface area contributed by atoms with Gasteiger partial charge in [0.15, 0.2) is 0 Å². The van der Waals surface area contributed by atoms with E-state index in [2.05, 4.69) is 56.7 Å². The summed E-state index contributed by atoms with van der Waals surface area (Å²) in [6, 6.07) is 14.8. The van der Waals surface area contributed by atoms with E-state index in [1.165, 1.54) is 14.2 Å². The summed E-state index contributed by atoms with van der Waals surface area (Å²) in [6.45, 7) is 8.81. The van der Waals surface area contributed by atoms with Gasteiger partial charge in [0.05, 0.1) is 55.6 Å². The molecule has 4 heterocycles. The van der Waals surface area contributed by atoms with Gasteiger partial charge in [-0.15, -0.1) is 0 Å². The number of carbonyl (C=O) groups is 4. The van der Waals surface area contributed by atoms with E-state index >= 15 is 0 Å². The summed E-state index contributed by atoms with van der Waals surface area (Å²) in [6.07, 6.45) is 5.72. The Morgan fingerprint density at radius 3 is 1.65 bits per heavy atom. The first-order valence-corrected chi connectivity index (χ1v) is 19.1. The van der Waals surface area contributed by atoms with E-state index in [9.17, 15) is 24.3 Å². The van der Waals surface area contributed by atoms with Gasteiger partial charge in [-0.05, 0) is 59.8 Å². The monoisotopic (exact) mass is 752 g/mol. The highest BCUT2D eigenvalue weighted by Gasteiger charge is 2.40. The maximum absolute atomic E-state index is 13.6. The van der Waals surface area contributed by atoms with Gasteiger partial charge in [0.1, 0.15) is 17.7 Å². The lowest BCUT2D eigenvalue weighted by Gasteiger charge is -2.33. The van der Waals surface area contributed by atoms with Gasteiger partial charge < -0.3 is 29.6 Å². The number of ether oxygens (including phenoxy) is 1. The highest BCUT2D eigenvalue weighted by Crippen LogP contribution is 2.35. The molecule has 0 aliphatic carbocycles. The third kappa shape index (κ3) is 8.44. The zero-order chi connectivity index (χ0) is 39.4. The van der Waals surface area contributed by atoms with Crippen LogP contribution in [0.25, 0.3) is 33.6 Å². The second kappa shape index (κ2) is 16.9. The number of hydrogen-bond acceptors (Lipinski definition) is 8. The largest absolute Gasteiger partial charge is 0.468 e. The maximum atomic E-state index is 13.6. The molecule has 4 aromatic rings. The van der Waals surface area contributed by atoms with Crippen LogP contribution in [-0.4, -0.2) is 109 Å². The van der Waals surface area contributed by atoms with E-state index in [0.29, 0.717) is 18.9 Å². The molecule has 0 bridgehead atoms. The lowest BCUT2D eigenvalue weighted by atomic mass is 10.0. The molecule has 2 aliphatic heterocycles. The number of imidazole rings is 2. The van der Waals surface area contributed by atoms with Crippen LogP contribution >= 0.6 is 0 Å². The van der Waals surface area contributed by atoms with Crippen molar-refractivity contribution in [3.05, 3.63) is 72.6 Å². The SMILES string of the molecule is COC(=O)CN[C@H](C(=O)N1CCC[C@H]1c1ncc(-c2ccc(-c3ccc(-c4cnc([C@@H]5CCCN5C(=O)[C@H](C(C)C)N(C)C(=O)O)[nH]4)cc3)cc2)[nH]1)C(C)C. The molecule has 292 valence electrons. The van der Waals surface area contributed by atoms with E-state index in [-0.39, 0.29) is 42.3 Å². The molecular formula is C41H52N8O6. The number of nitrogens with one attached hydrogen (secondary N) is 3. The van der Waals surface area contributed by atoms with Crippen LogP contribution in [0, 0.1) is 11.8 Å². The van der Waals surface area contributed by atoms with Gasteiger partial charge in [0, 0.05) is 20.1 Å². The van der Waals surface area contributed by atoms with Crippen molar-refractivity contribution >= 4 is 23.9 Å². The standard InChI is InChI=1S/C41H52N8O6/c1-24(2)35(42-23-34(50)55-6)39(51)48-19-7-9-32(48)37-43-21-30(45-37)28-15-11-26(12-16-28)27-13-17-29(18-14-27)31-22-44-38(46-31)33-10-8-20-49(33)40(52)36(25(3)4)47(5)41(53)54/h11-18,21-22,24-25,32-33,35-36,42H,7-10,19-20,23H2,1-6H3,(H,43,45)(H,44,46)(H,53,54)/t32-,33-,35-,36-/m0/s1. The Labute approximate surface area is 321 Å². The van der Waals surface area contributed by atoms with E-state index in [1.807, 2.05) is 50.9 Å². The first kappa shape index (κ1) is 39.2. The lowest BCUT2D eigenvalue weighted by Crippen LogP contribution is -2.51. The Morgan fingerprint density at radius 1 is 0.782 bits per heavy atom. The van der Waals surface area contributed by atoms with Gasteiger partial charge in [-0.2, -0.15) is 0 Å². The summed E-state index contributed by atoms with van der Waals surface area (Å²) >= 11 is 0. The maximum Gasteiger partial charge on any atom is 0.407 e. The summed E-state index contributed by atoms with van der Waals surface area (Å²) in [4.78, 5) is 71.6.